The van der Waals surface area contributed by atoms with E-state index in [1.165, 1.54) is 38.8 Å². The van der Waals surface area contributed by atoms with Crippen LogP contribution in [0.25, 0.3) is 0 Å². The Labute approximate surface area is 94.4 Å². The number of likely N-dealkylation sites (N-methyl/N-ethyl adjacent to an activating group) is 1. The van der Waals surface area contributed by atoms with Gasteiger partial charge in [0, 0.05) is 25.7 Å². The first-order valence-corrected chi connectivity index (χ1v) is 6.74. The second-order valence-corrected chi connectivity index (χ2v) is 5.50. The van der Waals surface area contributed by atoms with E-state index in [1.807, 2.05) is 0 Å². The topological polar surface area (TPSA) is 15.3 Å². The van der Waals surface area contributed by atoms with E-state index in [9.17, 15) is 0 Å². The van der Waals surface area contributed by atoms with Crippen molar-refractivity contribution >= 4 is 0 Å². The summed E-state index contributed by atoms with van der Waals surface area (Å²) < 4.78 is 0. The first-order chi connectivity index (χ1) is 7.29. The molecule has 1 N–H and O–H groups in total. The molecule has 0 radical (unpaired) electrons. The molecule has 2 aliphatic carbocycles. The van der Waals surface area contributed by atoms with Crippen LogP contribution < -0.4 is 5.32 Å². The maximum atomic E-state index is 3.47. The number of nitrogens with zero attached hydrogens (tertiary/aromatic N) is 1. The summed E-state index contributed by atoms with van der Waals surface area (Å²) in [5, 5.41) is 3.47. The van der Waals surface area contributed by atoms with Crippen LogP contribution in [0.5, 0.6) is 0 Å². The molecule has 2 nitrogen and oxygen atoms in total. The minimum Gasteiger partial charge on any atom is -0.315 e. The zero-order valence-corrected chi connectivity index (χ0v) is 10.3. The van der Waals surface area contributed by atoms with Crippen LogP contribution in [0.15, 0.2) is 0 Å². The van der Waals surface area contributed by atoms with Gasteiger partial charge in [-0.25, -0.2) is 0 Å². The summed E-state index contributed by atoms with van der Waals surface area (Å²) in [4.78, 5) is 2.73. The lowest BCUT2D eigenvalue weighted by molar-refractivity contribution is 0.188. The Bertz CT molecular complexity index is 171. The summed E-state index contributed by atoms with van der Waals surface area (Å²) in [6.45, 7) is 9.57. The molecule has 0 aromatic carbocycles. The molecule has 2 heteroatoms. The lowest BCUT2D eigenvalue weighted by Gasteiger charge is -2.29. The van der Waals surface area contributed by atoms with Crippen molar-refractivity contribution < 1.29 is 0 Å². The van der Waals surface area contributed by atoms with Crippen molar-refractivity contribution in [3.63, 3.8) is 0 Å². The van der Waals surface area contributed by atoms with Gasteiger partial charge in [0.05, 0.1) is 0 Å². The molecule has 1 unspecified atom stereocenters. The first kappa shape index (κ1) is 11.4. The molecule has 0 heterocycles. The van der Waals surface area contributed by atoms with E-state index < -0.39 is 0 Å². The molecular formula is C13H26N2. The van der Waals surface area contributed by atoms with E-state index in [4.69, 9.17) is 0 Å². The van der Waals surface area contributed by atoms with Gasteiger partial charge in [-0.3, -0.25) is 4.90 Å². The number of hydrogen-bond donors (Lipinski definition) is 1. The van der Waals surface area contributed by atoms with Gasteiger partial charge in [-0.15, -0.1) is 0 Å². The van der Waals surface area contributed by atoms with Gasteiger partial charge in [-0.2, -0.15) is 0 Å². The van der Waals surface area contributed by atoms with Crippen molar-refractivity contribution in [1.29, 1.82) is 0 Å². The van der Waals surface area contributed by atoms with Crippen LogP contribution in [0, 0.1) is 11.8 Å². The highest BCUT2D eigenvalue weighted by Gasteiger charge is 2.30. The molecule has 0 amide bonds. The van der Waals surface area contributed by atoms with Crippen LogP contribution in [0.2, 0.25) is 0 Å². The summed E-state index contributed by atoms with van der Waals surface area (Å²) >= 11 is 0. The molecule has 88 valence electrons. The maximum Gasteiger partial charge on any atom is 0.0192 e. The predicted molar refractivity (Wildman–Crippen MR) is 65.0 cm³/mol. The highest BCUT2D eigenvalue weighted by Crippen LogP contribution is 2.34. The Morgan fingerprint density at radius 3 is 2.07 bits per heavy atom. The molecule has 1 atom stereocenters. The molecule has 2 aliphatic rings. The largest absolute Gasteiger partial charge is 0.315 e. The van der Waals surface area contributed by atoms with Crippen molar-refractivity contribution in [1.82, 2.24) is 10.2 Å². The summed E-state index contributed by atoms with van der Waals surface area (Å²) in [6.07, 6.45) is 5.92. The van der Waals surface area contributed by atoms with E-state index in [-0.39, 0.29) is 0 Å². The highest BCUT2D eigenvalue weighted by atomic mass is 15.2. The number of rotatable bonds is 8. The van der Waals surface area contributed by atoms with Crippen LogP contribution in [0.4, 0.5) is 0 Å². The van der Waals surface area contributed by atoms with Crippen LogP contribution in [-0.4, -0.2) is 37.1 Å². The molecule has 15 heavy (non-hydrogen) atoms. The molecule has 0 aromatic rings. The monoisotopic (exact) mass is 210 g/mol. The van der Waals surface area contributed by atoms with Gasteiger partial charge >= 0.3 is 0 Å². The van der Waals surface area contributed by atoms with Crippen LogP contribution in [-0.2, 0) is 0 Å². The smallest absolute Gasteiger partial charge is 0.0192 e. The highest BCUT2D eigenvalue weighted by molar-refractivity contribution is 4.85. The second-order valence-electron chi connectivity index (χ2n) is 5.50. The molecule has 2 rings (SSSR count). The fourth-order valence-corrected chi connectivity index (χ4v) is 2.18. The molecule has 0 saturated heterocycles. The van der Waals surface area contributed by atoms with Crippen molar-refractivity contribution in [2.45, 2.75) is 45.6 Å². The average Bonchev–Trinajstić information content (AvgIpc) is 3.06. The number of hydrogen-bond acceptors (Lipinski definition) is 2. The third kappa shape index (κ3) is 4.12. The third-order valence-corrected chi connectivity index (χ3v) is 3.69. The quantitative estimate of drug-likeness (QED) is 0.660. The third-order valence-electron chi connectivity index (χ3n) is 3.69. The van der Waals surface area contributed by atoms with Gasteiger partial charge in [0.1, 0.15) is 0 Å². The zero-order valence-electron chi connectivity index (χ0n) is 10.3. The average molecular weight is 210 g/mol. The SMILES string of the molecule is CCNCC(C)N(CC1CC1)CC1CC1. The predicted octanol–water partition coefficient (Wildman–Crippen LogP) is 2.11. The Balaban J connectivity index is 1.72. The molecular weight excluding hydrogens is 184 g/mol. The van der Waals surface area contributed by atoms with Crippen molar-refractivity contribution in [2.24, 2.45) is 11.8 Å². The second kappa shape index (κ2) is 5.31. The van der Waals surface area contributed by atoms with Crippen molar-refractivity contribution in [3.05, 3.63) is 0 Å². The molecule has 0 aliphatic heterocycles. The first-order valence-electron chi connectivity index (χ1n) is 6.74. The fourth-order valence-electron chi connectivity index (χ4n) is 2.18. The maximum absolute atomic E-state index is 3.47. The van der Waals surface area contributed by atoms with E-state index in [2.05, 4.69) is 24.1 Å². The summed E-state index contributed by atoms with van der Waals surface area (Å²) in [6, 6.07) is 0.728. The minimum absolute atomic E-state index is 0.728. The van der Waals surface area contributed by atoms with Gasteiger partial charge in [-0.1, -0.05) is 6.92 Å². The van der Waals surface area contributed by atoms with E-state index >= 15 is 0 Å². The van der Waals surface area contributed by atoms with Crippen molar-refractivity contribution in [2.75, 3.05) is 26.2 Å². The van der Waals surface area contributed by atoms with E-state index in [0.29, 0.717) is 0 Å². The summed E-state index contributed by atoms with van der Waals surface area (Å²) in [7, 11) is 0. The molecule has 2 saturated carbocycles. The van der Waals surface area contributed by atoms with E-state index in [0.717, 1.165) is 31.0 Å². The summed E-state index contributed by atoms with van der Waals surface area (Å²) in [5.74, 6) is 2.07. The van der Waals surface area contributed by atoms with Gasteiger partial charge in [0.2, 0.25) is 0 Å². The van der Waals surface area contributed by atoms with Gasteiger partial charge in [-0.05, 0) is 51.0 Å². The fraction of sp³-hybridized carbons (Fsp3) is 1.00. The summed E-state index contributed by atoms with van der Waals surface area (Å²) in [5.41, 5.74) is 0. The van der Waals surface area contributed by atoms with Gasteiger partial charge in [0.25, 0.3) is 0 Å². The Kier molecular flexibility index (Phi) is 4.04. The Hall–Kier alpha value is -0.0800. The normalized spacial score (nSPS) is 23.4. The molecule has 2 fully saturated rings. The van der Waals surface area contributed by atoms with Gasteiger partial charge < -0.3 is 5.32 Å². The van der Waals surface area contributed by atoms with Crippen molar-refractivity contribution in [3.8, 4) is 0 Å². The van der Waals surface area contributed by atoms with Crippen LogP contribution in [0.3, 0.4) is 0 Å². The molecule has 0 bridgehead atoms. The van der Waals surface area contributed by atoms with Gasteiger partial charge in [0.15, 0.2) is 0 Å². The Morgan fingerprint density at radius 2 is 1.67 bits per heavy atom. The van der Waals surface area contributed by atoms with Crippen LogP contribution in [0.1, 0.15) is 39.5 Å². The van der Waals surface area contributed by atoms with E-state index in [1.54, 1.807) is 0 Å². The lowest BCUT2D eigenvalue weighted by Crippen LogP contribution is -2.42. The zero-order chi connectivity index (χ0) is 10.7. The number of nitrogens with one attached hydrogen (secondary N) is 1. The van der Waals surface area contributed by atoms with Crippen LogP contribution >= 0.6 is 0 Å². The molecule has 0 spiro atoms. The minimum atomic E-state index is 0.728. The Morgan fingerprint density at radius 1 is 1.13 bits per heavy atom. The lowest BCUT2D eigenvalue weighted by atomic mass is 10.2. The standard InChI is InChI=1S/C13H26N2/c1-3-14-8-11(2)15(9-12-4-5-12)10-13-6-7-13/h11-14H,3-10H2,1-2H3. The molecule has 0 aromatic heterocycles.